The fraction of sp³-hybridized carbons (Fsp3) is 0.238. The van der Waals surface area contributed by atoms with Crippen molar-refractivity contribution in [3.05, 3.63) is 70.3 Å². The zero-order valence-electron chi connectivity index (χ0n) is 16.1. The van der Waals surface area contributed by atoms with Crippen molar-refractivity contribution >= 4 is 35.0 Å². The molecule has 1 N–H and O–H groups in total. The van der Waals surface area contributed by atoms with E-state index in [1.54, 1.807) is 41.3 Å². The molecule has 1 fully saturated rings. The number of carbonyl (C=O) groups is 2. The van der Waals surface area contributed by atoms with Gasteiger partial charge in [-0.05, 0) is 35.9 Å². The van der Waals surface area contributed by atoms with Gasteiger partial charge in [0.05, 0.1) is 4.92 Å². The van der Waals surface area contributed by atoms with Crippen LogP contribution in [0.25, 0.3) is 6.08 Å². The zero-order chi connectivity index (χ0) is 20.8. The SMILES string of the molecule is CC(=O)Nc1ccc(/C=C/C(=O)N2CCN(c3ccc([N+](=O)[O-])cc3)CC2)cc1. The van der Waals surface area contributed by atoms with Crippen molar-refractivity contribution in [1.82, 2.24) is 4.90 Å². The summed E-state index contributed by atoms with van der Waals surface area (Å²) in [6.07, 6.45) is 3.30. The number of nitrogens with zero attached hydrogens (tertiary/aromatic N) is 3. The van der Waals surface area contributed by atoms with Crippen LogP contribution in [0.2, 0.25) is 0 Å². The summed E-state index contributed by atoms with van der Waals surface area (Å²) in [5.74, 6) is -0.185. The highest BCUT2D eigenvalue weighted by atomic mass is 16.6. The Morgan fingerprint density at radius 3 is 2.17 bits per heavy atom. The Bertz CT molecular complexity index is 915. The van der Waals surface area contributed by atoms with Gasteiger partial charge in [0.15, 0.2) is 0 Å². The lowest BCUT2D eigenvalue weighted by atomic mass is 10.2. The number of nitro benzene ring substituents is 1. The van der Waals surface area contributed by atoms with Gasteiger partial charge in [0.1, 0.15) is 0 Å². The van der Waals surface area contributed by atoms with Gasteiger partial charge in [-0.15, -0.1) is 0 Å². The summed E-state index contributed by atoms with van der Waals surface area (Å²) >= 11 is 0. The van der Waals surface area contributed by atoms with E-state index in [1.807, 2.05) is 12.1 Å². The van der Waals surface area contributed by atoms with E-state index in [4.69, 9.17) is 0 Å². The van der Waals surface area contributed by atoms with Gasteiger partial charge < -0.3 is 15.1 Å². The van der Waals surface area contributed by atoms with Crippen LogP contribution < -0.4 is 10.2 Å². The van der Waals surface area contributed by atoms with Gasteiger partial charge in [-0.2, -0.15) is 0 Å². The summed E-state index contributed by atoms with van der Waals surface area (Å²) in [5, 5.41) is 13.5. The summed E-state index contributed by atoms with van der Waals surface area (Å²) < 4.78 is 0. The van der Waals surface area contributed by atoms with Crippen LogP contribution in [-0.4, -0.2) is 47.8 Å². The summed E-state index contributed by atoms with van der Waals surface area (Å²) in [4.78, 5) is 37.7. The van der Waals surface area contributed by atoms with Crippen LogP contribution in [0.1, 0.15) is 12.5 Å². The molecule has 2 amide bonds. The van der Waals surface area contributed by atoms with E-state index in [0.717, 1.165) is 11.3 Å². The van der Waals surface area contributed by atoms with Crippen LogP contribution in [0.15, 0.2) is 54.6 Å². The first-order chi connectivity index (χ1) is 13.9. The quantitative estimate of drug-likeness (QED) is 0.478. The normalized spacial score (nSPS) is 14.1. The smallest absolute Gasteiger partial charge is 0.269 e. The molecule has 0 radical (unpaired) electrons. The summed E-state index contributed by atoms with van der Waals surface area (Å²) in [7, 11) is 0. The topological polar surface area (TPSA) is 95.8 Å². The molecule has 0 unspecified atom stereocenters. The third-order valence-electron chi connectivity index (χ3n) is 4.67. The first-order valence-corrected chi connectivity index (χ1v) is 9.26. The van der Waals surface area contributed by atoms with Crippen LogP contribution in [0, 0.1) is 10.1 Å². The Labute approximate surface area is 168 Å². The number of benzene rings is 2. The number of hydrogen-bond acceptors (Lipinski definition) is 5. The largest absolute Gasteiger partial charge is 0.368 e. The molecule has 2 aromatic carbocycles. The lowest BCUT2D eigenvalue weighted by Crippen LogP contribution is -2.48. The third kappa shape index (κ3) is 5.41. The first-order valence-electron chi connectivity index (χ1n) is 9.26. The molecule has 3 rings (SSSR count). The lowest BCUT2D eigenvalue weighted by molar-refractivity contribution is -0.384. The Hall–Kier alpha value is -3.68. The molecular formula is C21H22N4O4. The maximum Gasteiger partial charge on any atom is 0.269 e. The van der Waals surface area contributed by atoms with Crippen LogP contribution in [0.3, 0.4) is 0 Å². The van der Waals surface area contributed by atoms with E-state index < -0.39 is 4.92 Å². The number of non-ortho nitro benzene ring substituents is 1. The molecule has 1 heterocycles. The van der Waals surface area contributed by atoms with Crippen LogP contribution in [0.5, 0.6) is 0 Å². The number of nitro groups is 1. The maximum atomic E-state index is 12.4. The van der Waals surface area contributed by atoms with Crippen molar-refractivity contribution in [3.8, 4) is 0 Å². The van der Waals surface area contributed by atoms with Crippen molar-refractivity contribution in [1.29, 1.82) is 0 Å². The number of anilines is 2. The lowest BCUT2D eigenvalue weighted by Gasteiger charge is -2.35. The first kappa shape index (κ1) is 20.1. The molecule has 1 saturated heterocycles. The van der Waals surface area contributed by atoms with Crippen molar-refractivity contribution in [2.45, 2.75) is 6.92 Å². The molecule has 0 atom stereocenters. The van der Waals surface area contributed by atoms with E-state index in [-0.39, 0.29) is 17.5 Å². The molecule has 0 saturated carbocycles. The average molecular weight is 394 g/mol. The van der Waals surface area contributed by atoms with Crippen LogP contribution in [0.4, 0.5) is 17.1 Å². The molecule has 2 aromatic rings. The van der Waals surface area contributed by atoms with Crippen molar-refractivity contribution in [3.63, 3.8) is 0 Å². The number of hydrogen-bond donors (Lipinski definition) is 1. The second-order valence-corrected chi connectivity index (χ2v) is 6.72. The fourth-order valence-electron chi connectivity index (χ4n) is 3.12. The Kier molecular flexibility index (Phi) is 6.23. The fourth-order valence-corrected chi connectivity index (χ4v) is 3.12. The zero-order valence-corrected chi connectivity index (χ0v) is 16.1. The van der Waals surface area contributed by atoms with E-state index in [0.29, 0.717) is 31.9 Å². The van der Waals surface area contributed by atoms with Gasteiger partial charge in [0.25, 0.3) is 5.69 Å². The van der Waals surface area contributed by atoms with Crippen molar-refractivity contribution in [2.75, 3.05) is 36.4 Å². The minimum atomic E-state index is -0.417. The highest BCUT2D eigenvalue weighted by Crippen LogP contribution is 2.20. The van der Waals surface area contributed by atoms with Crippen LogP contribution in [-0.2, 0) is 9.59 Å². The molecule has 150 valence electrons. The molecule has 0 aliphatic carbocycles. The van der Waals surface area contributed by atoms with Gasteiger partial charge in [-0.25, -0.2) is 0 Å². The van der Waals surface area contributed by atoms with E-state index in [1.165, 1.54) is 19.1 Å². The number of carbonyl (C=O) groups excluding carboxylic acids is 2. The van der Waals surface area contributed by atoms with Gasteiger partial charge in [0.2, 0.25) is 11.8 Å². The van der Waals surface area contributed by atoms with E-state index in [2.05, 4.69) is 10.2 Å². The van der Waals surface area contributed by atoms with E-state index in [9.17, 15) is 19.7 Å². The van der Waals surface area contributed by atoms with Gasteiger partial charge in [-0.3, -0.25) is 19.7 Å². The predicted molar refractivity (Wildman–Crippen MR) is 112 cm³/mol. The second-order valence-electron chi connectivity index (χ2n) is 6.72. The predicted octanol–water partition coefficient (Wildman–Crippen LogP) is 2.92. The Morgan fingerprint density at radius 1 is 1.00 bits per heavy atom. The summed E-state index contributed by atoms with van der Waals surface area (Å²) in [5.41, 5.74) is 2.57. The van der Waals surface area contributed by atoms with Gasteiger partial charge in [0, 0.05) is 62.7 Å². The van der Waals surface area contributed by atoms with Crippen molar-refractivity contribution in [2.24, 2.45) is 0 Å². The van der Waals surface area contributed by atoms with Crippen molar-refractivity contribution < 1.29 is 14.5 Å². The Balaban J connectivity index is 1.52. The average Bonchev–Trinajstić information content (AvgIpc) is 2.73. The maximum absolute atomic E-state index is 12.4. The molecular weight excluding hydrogens is 372 g/mol. The monoisotopic (exact) mass is 394 g/mol. The number of amides is 2. The van der Waals surface area contributed by atoms with Gasteiger partial charge in [-0.1, -0.05) is 12.1 Å². The summed E-state index contributed by atoms with van der Waals surface area (Å²) in [6.45, 7) is 3.96. The van der Waals surface area contributed by atoms with Gasteiger partial charge >= 0.3 is 0 Å². The minimum Gasteiger partial charge on any atom is -0.368 e. The molecule has 0 spiro atoms. The number of piperazine rings is 1. The third-order valence-corrected chi connectivity index (χ3v) is 4.67. The highest BCUT2D eigenvalue weighted by molar-refractivity contribution is 5.92. The molecule has 1 aliphatic heterocycles. The van der Waals surface area contributed by atoms with E-state index >= 15 is 0 Å². The summed E-state index contributed by atoms with van der Waals surface area (Å²) in [6, 6.07) is 13.7. The molecule has 1 aliphatic rings. The molecule has 8 heteroatoms. The second kappa shape index (κ2) is 9.01. The number of nitrogens with one attached hydrogen (secondary N) is 1. The highest BCUT2D eigenvalue weighted by Gasteiger charge is 2.20. The molecule has 0 bridgehead atoms. The standard InChI is InChI=1S/C21H22N4O4/c1-16(26)22-18-5-2-17(3-6-18)4-11-21(27)24-14-12-23(13-15-24)19-7-9-20(10-8-19)25(28)29/h2-11H,12-15H2,1H3,(H,22,26)/b11-4+. The van der Waals surface area contributed by atoms with Crippen LogP contribution >= 0.6 is 0 Å². The molecule has 29 heavy (non-hydrogen) atoms. The Morgan fingerprint density at radius 2 is 1.62 bits per heavy atom. The number of rotatable bonds is 5. The molecule has 0 aromatic heterocycles. The molecule has 8 nitrogen and oxygen atoms in total. The minimum absolute atomic E-state index is 0.0562.